The van der Waals surface area contributed by atoms with Gasteiger partial charge in [-0.05, 0) is 69.5 Å². The van der Waals surface area contributed by atoms with Crippen LogP contribution in [0.1, 0.15) is 58.6 Å². The van der Waals surface area contributed by atoms with E-state index < -0.39 is 23.3 Å². The second-order valence-electron chi connectivity index (χ2n) is 10.0. The molecule has 0 aliphatic heterocycles. The number of carboxylic acids is 1. The van der Waals surface area contributed by atoms with Gasteiger partial charge in [-0.2, -0.15) is 0 Å². The van der Waals surface area contributed by atoms with Crippen LogP contribution in [0.15, 0.2) is 85.0 Å². The van der Waals surface area contributed by atoms with Gasteiger partial charge in [-0.25, -0.2) is 9.59 Å². The van der Waals surface area contributed by atoms with Crippen molar-refractivity contribution in [3.63, 3.8) is 0 Å². The fourth-order valence-corrected chi connectivity index (χ4v) is 3.48. The van der Waals surface area contributed by atoms with E-state index in [0.29, 0.717) is 29.1 Å². The summed E-state index contributed by atoms with van der Waals surface area (Å²) in [6.45, 7) is 20.3. The Hall–Kier alpha value is -4.33. The standard InChI is InChI=1S/C29H34O8.C4H8/c1-20(2)27(32)36-18-16-34-24-10-6-22(7-11-24)29(5,15-14-26(30)31)23-8-12-25(13-9-23)35-17-19-37-28(33)21(3)4;1-4(2)3/h6-13H,1,3,14-19H2,2,4-5H3,(H,30,31);1H2,2-3H3. The van der Waals surface area contributed by atoms with Gasteiger partial charge in [0.15, 0.2) is 0 Å². The third kappa shape index (κ3) is 13.0. The molecule has 0 aliphatic carbocycles. The molecule has 0 atom stereocenters. The van der Waals surface area contributed by atoms with Crippen LogP contribution in [0.2, 0.25) is 0 Å². The second kappa shape index (κ2) is 17.4. The lowest BCUT2D eigenvalue weighted by atomic mass is 9.73. The molecule has 0 aliphatic rings. The van der Waals surface area contributed by atoms with Crippen molar-refractivity contribution >= 4 is 17.9 Å². The molecular formula is C33H42O8. The van der Waals surface area contributed by atoms with Gasteiger partial charge in [0.1, 0.15) is 37.9 Å². The van der Waals surface area contributed by atoms with Gasteiger partial charge in [0, 0.05) is 23.0 Å². The lowest BCUT2D eigenvalue weighted by Gasteiger charge is -2.31. The minimum absolute atomic E-state index is 0.00478. The summed E-state index contributed by atoms with van der Waals surface area (Å²) >= 11 is 0. The van der Waals surface area contributed by atoms with Crippen molar-refractivity contribution in [2.45, 2.75) is 52.9 Å². The summed E-state index contributed by atoms with van der Waals surface area (Å²) in [5.74, 6) is -0.593. The number of allylic oxidation sites excluding steroid dienone is 1. The quantitative estimate of drug-likeness (QED) is 0.114. The number of carbonyl (C=O) groups excluding carboxylic acids is 2. The van der Waals surface area contributed by atoms with Crippen molar-refractivity contribution < 1.29 is 38.4 Å². The number of benzene rings is 2. The highest BCUT2D eigenvalue weighted by atomic mass is 16.6. The predicted octanol–water partition coefficient (Wildman–Crippen LogP) is 6.44. The summed E-state index contributed by atoms with van der Waals surface area (Å²) in [6, 6.07) is 14.8. The van der Waals surface area contributed by atoms with Gasteiger partial charge in [-0.15, -0.1) is 6.58 Å². The molecule has 1 N–H and O–H groups in total. The first-order valence-corrected chi connectivity index (χ1v) is 13.2. The molecular weight excluding hydrogens is 524 g/mol. The van der Waals surface area contributed by atoms with Crippen LogP contribution in [-0.4, -0.2) is 49.4 Å². The number of hydrogen-bond acceptors (Lipinski definition) is 7. The highest BCUT2D eigenvalue weighted by molar-refractivity contribution is 5.87. The monoisotopic (exact) mass is 566 g/mol. The summed E-state index contributed by atoms with van der Waals surface area (Å²) in [5.41, 5.74) is 3.09. The topological polar surface area (TPSA) is 108 Å². The largest absolute Gasteiger partial charge is 0.490 e. The number of rotatable bonds is 15. The van der Waals surface area contributed by atoms with Crippen molar-refractivity contribution in [1.29, 1.82) is 0 Å². The maximum absolute atomic E-state index is 11.4. The summed E-state index contributed by atoms with van der Waals surface area (Å²) in [4.78, 5) is 34.2. The second-order valence-corrected chi connectivity index (χ2v) is 10.0. The lowest BCUT2D eigenvalue weighted by molar-refractivity contribution is -0.140. The minimum atomic E-state index is -0.875. The molecule has 2 aromatic rings. The van der Waals surface area contributed by atoms with Crippen molar-refractivity contribution in [2.24, 2.45) is 0 Å². The molecule has 222 valence electrons. The van der Waals surface area contributed by atoms with Crippen molar-refractivity contribution in [2.75, 3.05) is 26.4 Å². The van der Waals surface area contributed by atoms with Gasteiger partial charge in [-0.1, -0.05) is 49.9 Å². The highest BCUT2D eigenvalue weighted by Crippen LogP contribution is 2.38. The van der Waals surface area contributed by atoms with Gasteiger partial charge in [0.05, 0.1) is 0 Å². The summed E-state index contributed by atoms with van der Waals surface area (Å²) in [5, 5.41) is 9.32. The lowest BCUT2D eigenvalue weighted by Crippen LogP contribution is -2.25. The zero-order chi connectivity index (χ0) is 31.0. The third-order valence-corrected chi connectivity index (χ3v) is 5.69. The van der Waals surface area contributed by atoms with Crippen LogP contribution in [0.5, 0.6) is 11.5 Å². The Labute approximate surface area is 243 Å². The zero-order valence-corrected chi connectivity index (χ0v) is 24.8. The van der Waals surface area contributed by atoms with Gasteiger partial charge >= 0.3 is 17.9 Å². The van der Waals surface area contributed by atoms with E-state index in [1.54, 1.807) is 38.1 Å². The molecule has 0 saturated heterocycles. The van der Waals surface area contributed by atoms with Crippen molar-refractivity contribution in [3.05, 3.63) is 96.1 Å². The maximum atomic E-state index is 11.4. The van der Waals surface area contributed by atoms with E-state index in [9.17, 15) is 19.5 Å². The number of esters is 2. The average Bonchev–Trinajstić information content (AvgIpc) is 2.92. The van der Waals surface area contributed by atoms with Crippen LogP contribution in [0, 0.1) is 0 Å². The Morgan fingerprint density at radius 1 is 0.683 bits per heavy atom. The van der Waals surface area contributed by atoms with Crippen LogP contribution >= 0.6 is 0 Å². The molecule has 0 aromatic heterocycles. The molecule has 2 aromatic carbocycles. The number of carboxylic acid groups (broad SMARTS) is 1. The molecule has 0 fully saturated rings. The summed E-state index contributed by atoms with van der Waals surface area (Å²) in [6.07, 6.45) is 0.381. The van der Waals surface area contributed by atoms with Crippen LogP contribution < -0.4 is 9.47 Å². The van der Waals surface area contributed by atoms with Crippen molar-refractivity contribution in [1.82, 2.24) is 0 Å². The summed E-state index contributed by atoms with van der Waals surface area (Å²) in [7, 11) is 0. The smallest absolute Gasteiger partial charge is 0.333 e. The van der Waals surface area contributed by atoms with Gasteiger partial charge < -0.3 is 24.1 Å². The normalized spacial score (nSPS) is 10.4. The molecule has 0 radical (unpaired) electrons. The van der Waals surface area contributed by atoms with E-state index in [0.717, 1.165) is 11.1 Å². The van der Waals surface area contributed by atoms with Crippen LogP contribution in [0.25, 0.3) is 0 Å². The molecule has 41 heavy (non-hydrogen) atoms. The van der Waals surface area contributed by atoms with Gasteiger partial charge in [0.25, 0.3) is 0 Å². The van der Waals surface area contributed by atoms with Gasteiger partial charge in [-0.3, -0.25) is 4.79 Å². The maximum Gasteiger partial charge on any atom is 0.333 e. The first-order chi connectivity index (χ1) is 19.3. The molecule has 8 heteroatoms. The molecule has 2 rings (SSSR count). The zero-order valence-electron chi connectivity index (χ0n) is 24.8. The Kier molecular flexibility index (Phi) is 14.7. The average molecular weight is 567 g/mol. The number of hydrogen-bond donors (Lipinski definition) is 1. The van der Waals surface area contributed by atoms with Crippen LogP contribution in [-0.2, 0) is 29.3 Å². The molecule has 0 heterocycles. The number of carbonyl (C=O) groups is 3. The highest BCUT2D eigenvalue weighted by Gasteiger charge is 2.29. The Balaban J connectivity index is 0.00000196. The SMILES string of the molecule is C=C(C)C.C=C(C)C(=O)OCCOc1ccc(C(C)(CCC(=O)O)c2ccc(OCCOC(=O)C(=C)C)cc2)cc1. The molecule has 0 amide bonds. The predicted molar refractivity (Wildman–Crippen MR) is 159 cm³/mol. The number of aliphatic carboxylic acids is 1. The van der Waals surface area contributed by atoms with Crippen LogP contribution in [0.3, 0.4) is 0 Å². The van der Waals surface area contributed by atoms with E-state index in [1.165, 1.54) is 5.57 Å². The fourth-order valence-electron chi connectivity index (χ4n) is 3.48. The fraction of sp³-hybridized carbons (Fsp3) is 0.364. The minimum Gasteiger partial charge on any atom is -0.490 e. The Morgan fingerprint density at radius 2 is 1.02 bits per heavy atom. The third-order valence-electron chi connectivity index (χ3n) is 5.69. The van der Waals surface area contributed by atoms with Crippen LogP contribution in [0.4, 0.5) is 0 Å². The Bertz CT molecular complexity index is 1110. The van der Waals surface area contributed by atoms with Crippen molar-refractivity contribution in [3.8, 4) is 11.5 Å². The molecule has 0 bridgehead atoms. The molecule has 0 saturated carbocycles. The first-order valence-electron chi connectivity index (χ1n) is 13.2. The number of ether oxygens (including phenoxy) is 4. The summed E-state index contributed by atoms with van der Waals surface area (Å²) < 4.78 is 21.3. The Morgan fingerprint density at radius 3 is 1.32 bits per heavy atom. The molecule has 8 nitrogen and oxygen atoms in total. The first kappa shape index (κ1) is 34.7. The van der Waals surface area contributed by atoms with E-state index in [1.807, 2.05) is 45.0 Å². The molecule has 0 unspecified atom stereocenters. The van der Waals surface area contributed by atoms with E-state index in [-0.39, 0.29) is 32.8 Å². The van der Waals surface area contributed by atoms with E-state index >= 15 is 0 Å². The molecule has 0 spiro atoms. The van der Waals surface area contributed by atoms with E-state index in [2.05, 4.69) is 19.7 Å². The van der Waals surface area contributed by atoms with Gasteiger partial charge in [0.2, 0.25) is 0 Å². The van der Waals surface area contributed by atoms with E-state index in [4.69, 9.17) is 18.9 Å².